The molecule has 0 aromatic heterocycles. The van der Waals surface area contributed by atoms with Crippen LogP contribution in [-0.2, 0) is 4.74 Å². The number of nitrogens with zero attached hydrogens (tertiary/aromatic N) is 1. The SMILES string of the molecule is C/C(=C/C#N)OC(C)(C)C. The molecule has 0 unspecified atom stereocenters. The Balaban J connectivity index is 3.95. The maximum atomic E-state index is 8.23. The van der Waals surface area contributed by atoms with E-state index in [1.54, 1.807) is 6.92 Å². The number of nitriles is 1. The summed E-state index contributed by atoms with van der Waals surface area (Å²) in [5, 5.41) is 8.23. The number of ether oxygens (including phenoxy) is 1. The monoisotopic (exact) mass is 139 g/mol. The van der Waals surface area contributed by atoms with Crippen molar-refractivity contribution in [1.29, 1.82) is 5.26 Å². The summed E-state index contributed by atoms with van der Waals surface area (Å²) in [7, 11) is 0. The van der Waals surface area contributed by atoms with Gasteiger partial charge in [0.2, 0.25) is 0 Å². The number of hydrogen-bond donors (Lipinski definition) is 0. The highest BCUT2D eigenvalue weighted by Crippen LogP contribution is 2.11. The van der Waals surface area contributed by atoms with Gasteiger partial charge in [0, 0.05) is 0 Å². The van der Waals surface area contributed by atoms with Crippen LogP contribution in [0.3, 0.4) is 0 Å². The lowest BCUT2D eigenvalue weighted by Crippen LogP contribution is -2.17. The van der Waals surface area contributed by atoms with Crippen LogP contribution in [0.15, 0.2) is 11.8 Å². The van der Waals surface area contributed by atoms with Gasteiger partial charge in [-0.15, -0.1) is 0 Å². The zero-order valence-corrected chi connectivity index (χ0v) is 6.93. The Morgan fingerprint density at radius 1 is 1.50 bits per heavy atom. The van der Waals surface area contributed by atoms with Gasteiger partial charge in [-0.1, -0.05) is 0 Å². The van der Waals surface area contributed by atoms with Crippen molar-refractivity contribution >= 4 is 0 Å². The number of rotatable bonds is 1. The Labute approximate surface area is 62.1 Å². The Morgan fingerprint density at radius 2 is 2.00 bits per heavy atom. The van der Waals surface area contributed by atoms with E-state index in [0.717, 1.165) is 0 Å². The van der Waals surface area contributed by atoms with Gasteiger partial charge in [-0.2, -0.15) is 5.26 Å². The molecule has 0 aliphatic rings. The molecule has 0 aliphatic carbocycles. The van der Waals surface area contributed by atoms with Crippen LogP contribution in [0.2, 0.25) is 0 Å². The third-order valence-electron chi connectivity index (χ3n) is 0.735. The molecule has 0 saturated heterocycles. The van der Waals surface area contributed by atoms with Crippen molar-refractivity contribution in [2.24, 2.45) is 0 Å². The summed E-state index contributed by atoms with van der Waals surface area (Å²) >= 11 is 0. The fourth-order valence-electron chi connectivity index (χ4n) is 0.603. The van der Waals surface area contributed by atoms with Gasteiger partial charge in [0.25, 0.3) is 0 Å². The molecule has 0 fully saturated rings. The second-order valence-electron chi connectivity index (χ2n) is 3.10. The van der Waals surface area contributed by atoms with Crippen LogP contribution < -0.4 is 0 Å². The van der Waals surface area contributed by atoms with E-state index >= 15 is 0 Å². The van der Waals surface area contributed by atoms with E-state index in [1.165, 1.54) is 6.08 Å². The molecule has 56 valence electrons. The van der Waals surface area contributed by atoms with Crippen molar-refractivity contribution in [3.63, 3.8) is 0 Å². The predicted molar refractivity (Wildman–Crippen MR) is 40.2 cm³/mol. The molecule has 0 aromatic carbocycles. The first-order valence-corrected chi connectivity index (χ1v) is 3.21. The van der Waals surface area contributed by atoms with Crippen LogP contribution >= 0.6 is 0 Å². The first-order valence-electron chi connectivity index (χ1n) is 3.21. The standard InChI is InChI=1S/C8H13NO/c1-7(5-6-9)10-8(2,3)4/h5H,1-4H3/b7-5-. The molecule has 0 radical (unpaired) electrons. The van der Waals surface area contributed by atoms with Crippen molar-refractivity contribution in [3.05, 3.63) is 11.8 Å². The average Bonchev–Trinajstić information content (AvgIpc) is 1.59. The Hall–Kier alpha value is -0.970. The summed E-state index contributed by atoms with van der Waals surface area (Å²) in [6, 6.07) is 1.90. The highest BCUT2D eigenvalue weighted by molar-refractivity contribution is 5.06. The zero-order valence-electron chi connectivity index (χ0n) is 6.93. The van der Waals surface area contributed by atoms with Crippen molar-refractivity contribution < 1.29 is 4.74 Å². The molecule has 0 atom stereocenters. The maximum absolute atomic E-state index is 8.23. The van der Waals surface area contributed by atoms with Gasteiger partial charge in [-0.3, -0.25) is 0 Å². The molecular weight excluding hydrogens is 126 g/mol. The van der Waals surface area contributed by atoms with Crippen molar-refractivity contribution in [3.8, 4) is 6.07 Å². The van der Waals surface area contributed by atoms with E-state index < -0.39 is 0 Å². The topological polar surface area (TPSA) is 33.0 Å². The third kappa shape index (κ3) is 5.17. The fraction of sp³-hybridized carbons (Fsp3) is 0.625. The summed E-state index contributed by atoms with van der Waals surface area (Å²) in [4.78, 5) is 0. The second-order valence-corrected chi connectivity index (χ2v) is 3.10. The van der Waals surface area contributed by atoms with Crippen LogP contribution in [0.25, 0.3) is 0 Å². The lowest BCUT2D eigenvalue weighted by atomic mass is 10.2. The zero-order chi connectivity index (χ0) is 8.20. The van der Waals surface area contributed by atoms with E-state index in [-0.39, 0.29) is 5.60 Å². The molecule has 2 heteroatoms. The Bertz CT molecular complexity index is 169. The van der Waals surface area contributed by atoms with E-state index in [2.05, 4.69) is 0 Å². The lowest BCUT2D eigenvalue weighted by molar-refractivity contribution is 0.0536. The van der Waals surface area contributed by atoms with Gasteiger partial charge in [0.1, 0.15) is 11.4 Å². The van der Waals surface area contributed by atoms with E-state index in [4.69, 9.17) is 10.00 Å². The van der Waals surface area contributed by atoms with Crippen LogP contribution in [0, 0.1) is 11.3 Å². The summed E-state index contributed by atoms with van der Waals surface area (Å²) in [6.45, 7) is 7.61. The molecule has 0 heterocycles. The van der Waals surface area contributed by atoms with E-state index in [9.17, 15) is 0 Å². The minimum atomic E-state index is -0.197. The smallest absolute Gasteiger partial charge is 0.104 e. The first kappa shape index (κ1) is 9.03. The predicted octanol–water partition coefficient (Wildman–Crippen LogP) is 2.23. The van der Waals surface area contributed by atoms with Crippen molar-refractivity contribution in [1.82, 2.24) is 0 Å². The van der Waals surface area contributed by atoms with Gasteiger partial charge in [0.15, 0.2) is 0 Å². The summed E-state index contributed by atoms with van der Waals surface area (Å²) in [5.74, 6) is 0.662. The van der Waals surface area contributed by atoms with Gasteiger partial charge < -0.3 is 4.74 Å². The van der Waals surface area contributed by atoms with Gasteiger partial charge in [-0.05, 0) is 27.7 Å². The molecule has 0 aromatic rings. The fourth-order valence-corrected chi connectivity index (χ4v) is 0.603. The number of allylic oxidation sites excluding steroid dienone is 2. The summed E-state index contributed by atoms with van der Waals surface area (Å²) in [5.41, 5.74) is -0.197. The summed E-state index contributed by atoms with van der Waals surface area (Å²) in [6.07, 6.45) is 1.39. The number of hydrogen-bond acceptors (Lipinski definition) is 2. The molecule has 0 rings (SSSR count). The Morgan fingerprint density at radius 3 is 2.30 bits per heavy atom. The van der Waals surface area contributed by atoms with Gasteiger partial charge in [-0.25, -0.2) is 0 Å². The molecule has 2 nitrogen and oxygen atoms in total. The third-order valence-corrected chi connectivity index (χ3v) is 0.735. The van der Waals surface area contributed by atoms with Crippen molar-refractivity contribution in [2.75, 3.05) is 0 Å². The molecular formula is C8H13NO. The molecule has 0 spiro atoms. The highest BCUT2D eigenvalue weighted by atomic mass is 16.5. The summed E-state index contributed by atoms with van der Waals surface area (Å²) < 4.78 is 5.32. The van der Waals surface area contributed by atoms with Crippen LogP contribution in [0.5, 0.6) is 0 Å². The minimum Gasteiger partial charge on any atom is -0.492 e. The van der Waals surface area contributed by atoms with Crippen molar-refractivity contribution in [2.45, 2.75) is 33.3 Å². The highest BCUT2D eigenvalue weighted by Gasteiger charge is 2.10. The van der Waals surface area contributed by atoms with E-state index in [0.29, 0.717) is 5.76 Å². The second kappa shape index (κ2) is 3.26. The molecule has 0 saturated carbocycles. The maximum Gasteiger partial charge on any atom is 0.104 e. The van der Waals surface area contributed by atoms with E-state index in [1.807, 2.05) is 26.8 Å². The lowest BCUT2D eigenvalue weighted by Gasteiger charge is -2.20. The molecule has 0 bridgehead atoms. The molecule has 0 N–H and O–H groups in total. The normalized spacial score (nSPS) is 12.5. The minimum absolute atomic E-state index is 0.197. The quantitative estimate of drug-likeness (QED) is 0.412. The van der Waals surface area contributed by atoms with Crippen LogP contribution in [0.4, 0.5) is 0 Å². The molecule has 10 heavy (non-hydrogen) atoms. The average molecular weight is 139 g/mol. The van der Waals surface area contributed by atoms with Gasteiger partial charge in [0.05, 0.1) is 12.1 Å². The molecule has 0 amide bonds. The van der Waals surface area contributed by atoms with Gasteiger partial charge >= 0.3 is 0 Å². The molecule has 0 aliphatic heterocycles. The first-order chi connectivity index (χ1) is 4.45. The Kier molecular flexibility index (Phi) is 2.95. The largest absolute Gasteiger partial charge is 0.492 e. The van der Waals surface area contributed by atoms with Crippen LogP contribution in [-0.4, -0.2) is 5.60 Å². The van der Waals surface area contributed by atoms with Crippen LogP contribution in [0.1, 0.15) is 27.7 Å².